The molecule has 2 fully saturated rings. The molecule has 0 radical (unpaired) electrons. The molecule has 4 nitrogen and oxygen atoms in total. The van der Waals surface area contributed by atoms with Crippen LogP contribution in [0.15, 0.2) is 11.6 Å². The Labute approximate surface area is 128 Å². The number of allylic oxidation sites excluding steroid dienone is 1. The summed E-state index contributed by atoms with van der Waals surface area (Å²) in [5, 5.41) is 0. The fraction of sp³-hybridized carbons (Fsp3) is 0.882. The molecule has 4 atom stereocenters. The molecule has 4 heteroatoms. The van der Waals surface area contributed by atoms with Crippen LogP contribution < -0.4 is 0 Å². The van der Waals surface area contributed by atoms with Gasteiger partial charge in [-0.1, -0.05) is 11.6 Å². The lowest BCUT2D eigenvalue weighted by Crippen LogP contribution is -2.58. The summed E-state index contributed by atoms with van der Waals surface area (Å²) in [5.74, 6) is 0.180. The van der Waals surface area contributed by atoms with Crippen molar-refractivity contribution in [2.24, 2.45) is 5.92 Å². The van der Waals surface area contributed by atoms with Crippen molar-refractivity contribution in [3.63, 3.8) is 0 Å². The molecule has 1 spiro atoms. The largest absolute Gasteiger partial charge is 0.379 e. The van der Waals surface area contributed by atoms with Crippen molar-refractivity contribution in [1.29, 1.82) is 0 Å². The third-order valence-corrected chi connectivity index (χ3v) is 4.90. The molecule has 2 rings (SSSR count). The van der Waals surface area contributed by atoms with Crippen LogP contribution in [0.5, 0.6) is 0 Å². The van der Waals surface area contributed by atoms with Crippen LogP contribution in [-0.2, 0) is 18.9 Å². The minimum absolute atomic E-state index is 0.00736. The van der Waals surface area contributed by atoms with E-state index in [0.29, 0.717) is 6.61 Å². The zero-order valence-electron chi connectivity index (χ0n) is 14.3. The highest BCUT2D eigenvalue weighted by atomic mass is 16.6. The lowest BCUT2D eigenvalue weighted by Gasteiger charge is -2.47. The van der Waals surface area contributed by atoms with Crippen LogP contribution in [0.1, 0.15) is 40.5 Å². The highest BCUT2D eigenvalue weighted by molar-refractivity contribution is 5.12. The van der Waals surface area contributed by atoms with Crippen molar-refractivity contribution in [3.05, 3.63) is 11.6 Å². The third-order valence-electron chi connectivity index (χ3n) is 4.90. The summed E-state index contributed by atoms with van der Waals surface area (Å²) in [6.07, 6.45) is 4.23. The molecule has 1 aliphatic carbocycles. The second-order valence-electron chi connectivity index (χ2n) is 7.04. The van der Waals surface area contributed by atoms with Crippen LogP contribution >= 0.6 is 0 Å². The third kappa shape index (κ3) is 3.50. The normalized spacial score (nSPS) is 35.8. The van der Waals surface area contributed by atoms with Crippen molar-refractivity contribution >= 4 is 0 Å². The van der Waals surface area contributed by atoms with Gasteiger partial charge in [-0.25, -0.2) is 0 Å². The molecule has 0 aromatic rings. The van der Waals surface area contributed by atoms with Gasteiger partial charge in [0, 0.05) is 20.1 Å². The molecule has 4 unspecified atom stereocenters. The first kappa shape index (κ1) is 16.9. The predicted octanol–water partition coefficient (Wildman–Crippen LogP) is 2.96. The number of hydrogen-bond donors (Lipinski definition) is 0. The van der Waals surface area contributed by atoms with Crippen molar-refractivity contribution in [2.45, 2.75) is 63.9 Å². The summed E-state index contributed by atoms with van der Waals surface area (Å²) in [6, 6.07) is 0. The first-order valence-corrected chi connectivity index (χ1v) is 7.83. The summed E-state index contributed by atoms with van der Waals surface area (Å²) in [4.78, 5) is 0. The van der Waals surface area contributed by atoms with Crippen molar-refractivity contribution in [2.75, 3.05) is 27.4 Å². The Balaban J connectivity index is 2.17. The standard InChI is InChI=1S/C17H30O4/c1-12(2)8-10-20-16(3,4)15-14(19-6)13(18-5)7-9-17(15)11-21-17/h8,13-15H,7,9-11H2,1-6H3. The average molecular weight is 298 g/mol. The van der Waals surface area contributed by atoms with Crippen molar-refractivity contribution in [1.82, 2.24) is 0 Å². The Morgan fingerprint density at radius 1 is 1.29 bits per heavy atom. The van der Waals surface area contributed by atoms with Gasteiger partial charge in [0.2, 0.25) is 0 Å². The Hall–Kier alpha value is -0.420. The van der Waals surface area contributed by atoms with Crippen molar-refractivity contribution < 1.29 is 18.9 Å². The number of epoxide rings is 1. The number of rotatable bonds is 6. The second kappa shape index (κ2) is 6.37. The van der Waals surface area contributed by atoms with E-state index in [1.165, 1.54) is 5.57 Å². The molecule has 1 heterocycles. The fourth-order valence-electron chi connectivity index (χ4n) is 3.72. The summed E-state index contributed by atoms with van der Waals surface area (Å²) in [7, 11) is 3.52. The number of ether oxygens (including phenoxy) is 4. The van der Waals surface area contributed by atoms with Gasteiger partial charge >= 0.3 is 0 Å². The summed E-state index contributed by atoms with van der Waals surface area (Å²) in [6.45, 7) is 9.89. The van der Waals surface area contributed by atoms with Crippen LogP contribution in [0.3, 0.4) is 0 Å². The summed E-state index contributed by atoms with van der Waals surface area (Å²) < 4.78 is 23.5. The molecule has 0 amide bonds. The Bertz CT molecular complexity index is 380. The van der Waals surface area contributed by atoms with Crippen LogP contribution in [-0.4, -0.2) is 50.8 Å². The average Bonchev–Trinajstić information content (AvgIpc) is 3.17. The number of methoxy groups -OCH3 is 2. The van der Waals surface area contributed by atoms with E-state index in [0.717, 1.165) is 19.4 Å². The van der Waals surface area contributed by atoms with E-state index in [4.69, 9.17) is 18.9 Å². The van der Waals surface area contributed by atoms with Crippen LogP contribution in [0.2, 0.25) is 0 Å². The monoisotopic (exact) mass is 298 g/mol. The minimum Gasteiger partial charge on any atom is -0.379 e. The molecule has 1 saturated carbocycles. The van der Waals surface area contributed by atoms with Crippen LogP contribution in [0.25, 0.3) is 0 Å². The first-order chi connectivity index (χ1) is 9.86. The quantitative estimate of drug-likeness (QED) is 0.558. The molecule has 2 aliphatic rings. The van der Waals surface area contributed by atoms with E-state index in [1.54, 1.807) is 14.2 Å². The van der Waals surface area contributed by atoms with E-state index in [1.807, 2.05) is 0 Å². The number of hydrogen-bond acceptors (Lipinski definition) is 4. The molecule has 0 bridgehead atoms. The van der Waals surface area contributed by atoms with Crippen molar-refractivity contribution in [3.8, 4) is 0 Å². The lowest BCUT2D eigenvalue weighted by molar-refractivity contribution is -0.178. The van der Waals surface area contributed by atoms with E-state index in [-0.39, 0.29) is 29.3 Å². The van der Waals surface area contributed by atoms with Crippen LogP contribution in [0, 0.1) is 5.92 Å². The van der Waals surface area contributed by atoms with Gasteiger partial charge in [-0.2, -0.15) is 0 Å². The highest BCUT2D eigenvalue weighted by Gasteiger charge is 2.63. The topological polar surface area (TPSA) is 40.2 Å². The van der Waals surface area contributed by atoms with Crippen LogP contribution in [0.4, 0.5) is 0 Å². The molecule has 1 saturated heterocycles. The first-order valence-electron chi connectivity index (χ1n) is 7.83. The zero-order chi connectivity index (χ0) is 15.7. The predicted molar refractivity (Wildman–Crippen MR) is 82.5 cm³/mol. The SMILES string of the molecule is COC1CCC2(CO2)C(C(C)(C)OCC=C(C)C)C1OC. The summed E-state index contributed by atoms with van der Waals surface area (Å²) in [5.41, 5.74) is 0.870. The van der Waals surface area contributed by atoms with E-state index < -0.39 is 0 Å². The molecule has 0 aromatic carbocycles. The van der Waals surface area contributed by atoms with Gasteiger partial charge in [-0.15, -0.1) is 0 Å². The maximum atomic E-state index is 6.19. The Kier molecular flexibility index (Phi) is 5.14. The van der Waals surface area contributed by atoms with E-state index in [2.05, 4.69) is 33.8 Å². The molecular weight excluding hydrogens is 268 g/mol. The minimum atomic E-state index is -0.319. The maximum Gasteiger partial charge on any atom is 0.0998 e. The van der Waals surface area contributed by atoms with Gasteiger partial charge in [0.25, 0.3) is 0 Å². The van der Waals surface area contributed by atoms with Gasteiger partial charge in [-0.05, 0) is 40.5 Å². The Morgan fingerprint density at radius 3 is 2.43 bits per heavy atom. The fourth-order valence-corrected chi connectivity index (χ4v) is 3.72. The highest BCUT2D eigenvalue weighted by Crippen LogP contribution is 2.52. The molecule has 122 valence electrons. The lowest BCUT2D eigenvalue weighted by atomic mass is 9.68. The van der Waals surface area contributed by atoms with E-state index >= 15 is 0 Å². The summed E-state index contributed by atoms with van der Waals surface area (Å²) >= 11 is 0. The molecule has 21 heavy (non-hydrogen) atoms. The molecular formula is C17H30O4. The maximum absolute atomic E-state index is 6.19. The van der Waals surface area contributed by atoms with Gasteiger partial charge in [0.1, 0.15) is 0 Å². The van der Waals surface area contributed by atoms with Gasteiger partial charge in [0.05, 0.1) is 36.6 Å². The van der Waals surface area contributed by atoms with Gasteiger partial charge in [0.15, 0.2) is 0 Å². The van der Waals surface area contributed by atoms with Gasteiger partial charge in [-0.3, -0.25) is 0 Å². The smallest absolute Gasteiger partial charge is 0.0998 e. The second-order valence-corrected chi connectivity index (χ2v) is 7.04. The van der Waals surface area contributed by atoms with Gasteiger partial charge < -0.3 is 18.9 Å². The Morgan fingerprint density at radius 2 is 1.95 bits per heavy atom. The molecule has 1 aliphatic heterocycles. The van der Waals surface area contributed by atoms with E-state index in [9.17, 15) is 0 Å². The molecule has 0 aromatic heterocycles. The molecule has 0 N–H and O–H groups in total. The zero-order valence-corrected chi connectivity index (χ0v) is 14.3.